The number of hydrogen-bond donors (Lipinski definition) is 2. The maximum atomic E-state index is 10.6. The van der Waals surface area contributed by atoms with Crippen molar-refractivity contribution < 1.29 is 24.5 Å². The first-order chi connectivity index (χ1) is 15.5. The molecule has 0 radical (unpaired) electrons. The van der Waals surface area contributed by atoms with Crippen LogP contribution in [0.1, 0.15) is 66.7 Å². The number of ether oxygens (including phenoxy) is 2. The van der Waals surface area contributed by atoms with Gasteiger partial charge in [0.05, 0.1) is 18.3 Å². The highest BCUT2D eigenvalue weighted by Gasteiger charge is 2.45. The highest BCUT2D eigenvalue weighted by atomic mass is 16.7. The van der Waals surface area contributed by atoms with Crippen LogP contribution in [-0.4, -0.2) is 40.3 Å². The van der Waals surface area contributed by atoms with E-state index in [0.29, 0.717) is 11.8 Å². The molecular formula is C28H42O5. The molecule has 0 amide bonds. The number of aliphatic hydroxyl groups is 1. The Morgan fingerprint density at radius 3 is 2.39 bits per heavy atom. The number of carbonyl (C=O) groups is 1. The smallest absolute Gasteiger partial charge is 0.327 e. The summed E-state index contributed by atoms with van der Waals surface area (Å²) in [5.74, 6) is -0.887. The van der Waals surface area contributed by atoms with Crippen molar-refractivity contribution in [2.45, 2.75) is 90.8 Å². The van der Waals surface area contributed by atoms with E-state index in [1.807, 2.05) is 26.0 Å². The Balaban J connectivity index is 1.98. The van der Waals surface area contributed by atoms with Crippen LogP contribution in [0, 0.1) is 17.8 Å². The summed E-state index contributed by atoms with van der Waals surface area (Å²) < 4.78 is 13.2. The number of carboxylic acids is 1. The van der Waals surface area contributed by atoms with Crippen LogP contribution in [0.25, 0.3) is 0 Å². The maximum absolute atomic E-state index is 10.6. The Labute approximate surface area is 199 Å². The second-order valence-corrected chi connectivity index (χ2v) is 9.98. The summed E-state index contributed by atoms with van der Waals surface area (Å²) >= 11 is 0. The minimum atomic E-state index is -1.01. The van der Waals surface area contributed by atoms with E-state index in [9.17, 15) is 9.90 Å². The Morgan fingerprint density at radius 1 is 1.09 bits per heavy atom. The van der Waals surface area contributed by atoms with Crippen molar-refractivity contribution in [3.8, 4) is 0 Å². The Morgan fingerprint density at radius 2 is 1.76 bits per heavy atom. The maximum Gasteiger partial charge on any atom is 0.327 e. The number of carboxylic acid groups (broad SMARTS) is 1. The summed E-state index contributed by atoms with van der Waals surface area (Å²) in [4.78, 5) is 10.6. The molecule has 33 heavy (non-hydrogen) atoms. The second kappa shape index (κ2) is 12.5. The van der Waals surface area contributed by atoms with Crippen molar-refractivity contribution in [1.29, 1.82) is 0 Å². The van der Waals surface area contributed by atoms with Gasteiger partial charge >= 0.3 is 5.97 Å². The van der Waals surface area contributed by atoms with Gasteiger partial charge in [-0.25, -0.2) is 4.79 Å². The molecule has 7 atom stereocenters. The van der Waals surface area contributed by atoms with Gasteiger partial charge in [-0.1, -0.05) is 75.0 Å². The normalized spacial score (nSPS) is 33.2. The lowest BCUT2D eigenvalue weighted by atomic mass is 9.83. The molecule has 2 rings (SSSR count). The molecule has 0 unspecified atom stereocenters. The molecule has 1 spiro atoms. The highest BCUT2D eigenvalue weighted by Crippen LogP contribution is 2.43. The van der Waals surface area contributed by atoms with Crippen LogP contribution in [0.5, 0.6) is 0 Å². The molecule has 0 aliphatic carbocycles. The van der Waals surface area contributed by atoms with Gasteiger partial charge in [-0.3, -0.25) is 0 Å². The zero-order valence-electron chi connectivity index (χ0n) is 20.9. The molecular weight excluding hydrogens is 416 g/mol. The molecule has 184 valence electrons. The first kappa shape index (κ1) is 27.3. The van der Waals surface area contributed by atoms with Crippen LogP contribution in [0.3, 0.4) is 0 Å². The summed E-state index contributed by atoms with van der Waals surface area (Å²) in [6.45, 7) is 14.2. The van der Waals surface area contributed by atoms with E-state index in [4.69, 9.17) is 14.6 Å². The van der Waals surface area contributed by atoms with E-state index in [1.54, 1.807) is 13.0 Å². The lowest BCUT2D eigenvalue weighted by molar-refractivity contribution is -0.323. The quantitative estimate of drug-likeness (QED) is 0.329. The predicted molar refractivity (Wildman–Crippen MR) is 133 cm³/mol. The van der Waals surface area contributed by atoms with Crippen LogP contribution in [-0.2, 0) is 14.3 Å². The van der Waals surface area contributed by atoms with Crippen molar-refractivity contribution in [2.75, 3.05) is 0 Å². The third kappa shape index (κ3) is 8.73. The van der Waals surface area contributed by atoms with Gasteiger partial charge in [0.15, 0.2) is 5.79 Å². The molecule has 0 aromatic rings. The summed E-state index contributed by atoms with van der Waals surface area (Å²) in [5.41, 5.74) is 2.06. The Bertz CT molecular complexity index is 788. The topological polar surface area (TPSA) is 76.0 Å². The van der Waals surface area contributed by atoms with Crippen molar-refractivity contribution >= 4 is 5.97 Å². The van der Waals surface area contributed by atoms with Crippen molar-refractivity contribution in [3.63, 3.8) is 0 Å². The summed E-state index contributed by atoms with van der Waals surface area (Å²) in [6.07, 6.45) is 16.6. The van der Waals surface area contributed by atoms with E-state index in [0.717, 1.165) is 49.3 Å². The van der Waals surface area contributed by atoms with Gasteiger partial charge in [0.1, 0.15) is 0 Å². The van der Waals surface area contributed by atoms with E-state index in [2.05, 4.69) is 32.6 Å². The van der Waals surface area contributed by atoms with Crippen molar-refractivity contribution in [1.82, 2.24) is 0 Å². The first-order valence-corrected chi connectivity index (χ1v) is 12.1. The zero-order valence-corrected chi connectivity index (χ0v) is 20.9. The molecule has 0 aromatic carbocycles. The van der Waals surface area contributed by atoms with Gasteiger partial charge in [-0.15, -0.1) is 0 Å². The average Bonchev–Trinajstić information content (AvgIpc) is 2.77. The first-order valence-electron chi connectivity index (χ1n) is 12.1. The van der Waals surface area contributed by atoms with Crippen LogP contribution < -0.4 is 0 Å². The molecule has 2 heterocycles. The van der Waals surface area contributed by atoms with Gasteiger partial charge in [-0.2, -0.15) is 0 Å². The lowest BCUT2D eigenvalue weighted by Gasteiger charge is -2.49. The average molecular weight is 459 g/mol. The largest absolute Gasteiger partial charge is 0.478 e. The molecule has 0 bridgehead atoms. The SMILES string of the molecule is C=C(C)C=C[C@@H]1O[C@@]2(CC[C@@H]1C)CC[C@H](C)[C@@H](CC=C(C)C=C[C@H](O)[C@@H](C)C=CC(=O)O)O2. The van der Waals surface area contributed by atoms with E-state index >= 15 is 0 Å². The number of allylic oxidation sites excluding steroid dienone is 4. The number of rotatable bonds is 9. The molecule has 2 aliphatic heterocycles. The van der Waals surface area contributed by atoms with E-state index in [-0.39, 0.29) is 18.1 Å². The second-order valence-electron chi connectivity index (χ2n) is 9.98. The van der Waals surface area contributed by atoms with Gasteiger partial charge in [0, 0.05) is 24.8 Å². The molecule has 5 nitrogen and oxygen atoms in total. The van der Waals surface area contributed by atoms with Gasteiger partial charge in [-0.05, 0) is 44.9 Å². The zero-order chi connectivity index (χ0) is 24.6. The predicted octanol–water partition coefficient (Wildman–Crippen LogP) is 5.98. The minimum absolute atomic E-state index is 0.0448. The van der Waals surface area contributed by atoms with Crippen LogP contribution in [0.4, 0.5) is 0 Å². The van der Waals surface area contributed by atoms with Crippen molar-refractivity contribution in [2.24, 2.45) is 17.8 Å². The fourth-order valence-electron chi connectivity index (χ4n) is 4.30. The van der Waals surface area contributed by atoms with E-state index in [1.165, 1.54) is 6.08 Å². The van der Waals surface area contributed by atoms with Crippen LogP contribution in [0.2, 0.25) is 0 Å². The summed E-state index contributed by atoms with van der Waals surface area (Å²) in [6, 6.07) is 0. The fraction of sp³-hybridized carbons (Fsp3) is 0.607. The summed E-state index contributed by atoms with van der Waals surface area (Å²) in [5, 5.41) is 18.9. The molecule has 0 aromatic heterocycles. The number of hydrogen-bond acceptors (Lipinski definition) is 4. The van der Waals surface area contributed by atoms with Crippen molar-refractivity contribution in [3.05, 3.63) is 60.3 Å². The highest BCUT2D eigenvalue weighted by molar-refractivity contribution is 5.79. The lowest BCUT2D eigenvalue weighted by Crippen LogP contribution is -2.51. The Hall–Kier alpha value is -1.95. The Kier molecular flexibility index (Phi) is 10.3. The fourth-order valence-corrected chi connectivity index (χ4v) is 4.30. The third-order valence-corrected chi connectivity index (χ3v) is 6.75. The molecule has 5 heteroatoms. The number of aliphatic carboxylic acids is 1. The van der Waals surface area contributed by atoms with Crippen LogP contribution in [0.15, 0.2) is 60.3 Å². The molecule has 2 aliphatic rings. The minimum Gasteiger partial charge on any atom is -0.478 e. The monoisotopic (exact) mass is 458 g/mol. The number of aliphatic hydroxyl groups excluding tert-OH is 1. The van der Waals surface area contributed by atoms with Gasteiger partial charge in [0.2, 0.25) is 0 Å². The molecule has 2 saturated heterocycles. The molecule has 0 saturated carbocycles. The molecule has 2 N–H and O–H groups in total. The van der Waals surface area contributed by atoms with Gasteiger partial charge < -0.3 is 19.7 Å². The van der Waals surface area contributed by atoms with E-state index < -0.39 is 17.9 Å². The third-order valence-electron chi connectivity index (χ3n) is 6.75. The van der Waals surface area contributed by atoms with Crippen LogP contribution >= 0.6 is 0 Å². The van der Waals surface area contributed by atoms with Gasteiger partial charge in [0.25, 0.3) is 0 Å². The summed E-state index contributed by atoms with van der Waals surface area (Å²) in [7, 11) is 0. The standard InChI is InChI=1S/C28H42O5/c1-19(2)7-12-25-22(5)15-17-28(32-25)18-16-23(6)26(33-28)13-9-20(3)8-11-24(29)21(4)10-14-27(30)31/h7-12,14,21-26,29H,1,13,15-18H2,2-6H3,(H,30,31)/t21-,22-,23-,24-,25-,26+,28+/m0/s1. The molecule has 2 fully saturated rings.